The predicted molar refractivity (Wildman–Crippen MR) is 91.3 cm³/mol. The first-order valence-corrected chi connectivity index (χ1v) is 8.44. The summed E-state index contributed by atoms with van der Waals surface area (Å²) in [6.45, 7) is 4.90. The Morgan fingerprint density at radius 2 is 2.22 bits per heavy atom. The van der Waals surface area contributed by atoms with Gasteiger partial charge in [0.05, 0.1) is 6.54 Å². The molecule has 1 aliphatic heterocycles. The second-order valence-electron chi connectivity index (χ2n) is 6.07. The van der Waals surface area contributed by atoms with Crippen LogP contribution < -0.4 is 10.9 Å². The molecule has 0 saturated heterocycles. The van der Waals surface area contributed by atoms with Crippen LogP contribution in [0.5, 0.6) is 5.88 Å². The van der Waals surface area contributed by atoms with Crippen LogP contribution in [-0.4, -0.2) is 21.2 Å². The van der Waals surface area contributed by atoms with Crippen molar-refractivity contribution >= 4 is 12.2 Å². The summed E-state index contributed by atoms with van der Waals surface area (Å²) < 4.78 is 1.92. The molecule has 1 aliphatic rings. The maximum Gasteiger partial charge on any atom is 0.265 e. The van der Waals surface area contributed by atoms with Crippen LogP contribution in [0.15, 0.2) is 29.1 Å². The number of nitrogens with two attached hydrogens (primary N) is 1. The van der Waals surface area contributed by atoms with Crippen molar-refractivity contribution in [1.29, 1.82) is 0 Å². The molecule has 6 heteroatoms. The van der Waals surface area contributed by atoms with Crippen LogP contribution in [0.1, 0.15) is 49.0 Å². The van der Waals surface area contributed by atoms with Gasteiger partial charge in [0.15, 0.2) is 4.77 Å². The molecule has 4 N–H and O–H groups in total. The van der Waals surface area contributed by atoms with E-state index in [0.29, 0.717) is 5.56 Å². The monoisotopic (exact) mass is 332 g/mol. The highest BCUT2D eigenvalue weighted by atomic mass is 32.1. The molecule has 2 heterocycles. The van der Waals surface area contributed by atoms with Crippen LogP contribution in [0.25, 0.3) is 0 Å². The van der Waals surface area contributed by atoms with E-state index >= 15 is 0 Å². The third-order valence-corrected chi connectivity index (χ3v) is 5.00. The lowest BCUT2D eigenvalue weighted by molar-refractivity contribution is -0.690. The lowest BCUT2D eigenvalue weighted by Crippen LogP contribution is -2.87. The van der Waals surface area contributed by atoms with Crippen molar-refractivity contribution in [3.63, 3.8) is 0 Å². The normalized spacial score (nSPS) is 18.4. The third kappa shape index (κ3) is 2.72. The lowest BCUT2D eigenvalue weighted by atomic mass is 9.90. The minimum atomic E-state index is -0.301. The highest BCUT2D eigenvalue weighted by Gasteiger charge is 2.31. The Balaban J connectivity index is 2.22. The Hall–Kier alpha value is -1.92. The molecule has 0 fully saturated rings. The highest BCUT2D eigenvalue weighted by molar-refractivity contribution is 7.71. The molecule has 122 valence electrons. The fourth-order valence-electron chi connectivity index (χ4n) is 3.30. The number of H-pyrrole nitrogens is 1. The number of aromatic hydroxyl groups is 1. The minimum Gasteiger partial charge on any atom is -0.494 e. The molecule has 0 spiro atoms. The van der Waals surface area contributed by atoms with E-state index < -0.39 is 0 Å². The molecule has 5 nitrogen and oxygen atoms in total. The number of benzene rings is 1. The molecule has 2 atom stereocenters. The zero-order chi connectivity index (χ0) is 16.6. The number of hydrogen-bond acceptors (Lipinski definition) is 3. The number of nitrogens with zero attached hydrogens (tertiary/aromatic N) is 1. The fourth-order valence-corrected chi connectivity index (χ4v) is 3.65. The van der Waals surface area contributed by atoms with Crippen molar-refractivity contribution in [2.75, 3.05) is 6.54 Å². The molecule has 1 aromatic heterocycles. The third-order valence-electron chi connectivity index (χ3n) is 4.70. The van der Waals surface area contributed by atoms with Gasteiger partial charge in [0, 0.05) is 18.0 Å². The smallest absolute Gasteiger partial charge is 0.265 e. The van der Waals surface area contributed by atoms with Crippen LogP contribution in [-0.2, 0) is 6.42 Å². The second kappa shape index (κ2) is 6.29. The largest absolute Gasteiger partial charge is 0.494 e. The van der Waals surface area contributed by atoms with E-state index in [1.165, 1.54) is 5.56 Å². The topological polar surface area (TPSA) is 74.6 Å². The Kier molecular flexibility index (Phi) is 4.37. The van der Waals surface area contributed by atoms with Crippen LogP contribution in [0, 0.1) is 4.77 Å². The van der Waals surface area contributed by atoms with E-state index in [1.807, 2.05) is 32.0 Å². The zero-order valence-corrected chi connectivity index (χ0v) is 14.2. The second-order valence-corrected chi connectivity index (χ2v) is 6.46. The molecule has 23 heavy (non-hydrogen) atoms. The van der Waals surface area contributed by atoms with E-state index in [0.717, 1.165) is 24.9 Å². The Bertz CT molecular complexity index is 840. The number of aromatic nitrogens is 2. The number of rotatable bonds is 3. The summed E-state index contributed by atoms with van der Waals surface area (Å²) in [6.07, 6.45) is 1.79. The average molecular weight is 332 g/mol. The van der Waals surface area contributed by atoms with Crippen molar-refractivity contribution < 1.29 is 10.4 Å². The number of nitrogens with one attached hydrogen (secondary N) is 1. The molecular formula is C17H22N3O2S+. The van der Waals surface area contributed by atoms with Crippen LogP contribution in [0.3, 0.4) is 0 Å². The first-order valence-electron chi connectivity index (χ1n) is 8.03. The highest BCUT2D eigenvalue weighted by Crippen LogP contribution is 2.29. The summed E-state index contributed by atoms with van der Waals surface area (Å²) in [7, 11) is 0. The summed E-state index contributed by atoms with van der Waals surface area (Å²) >= 11 is 5.25. The molecule has 0 saturated carbocycles. The summed E-state index contributed by atoms with van der Waals surface area (Å²) in [4.78, 5) is 15.3. The minimum absolute atomic E-state index is 0.00828. The van der Waals surface area contributed by atoms with Gasteiger partial charge in [0.25, 0.3) is 5.56 Å². The van der Waals surface area contributed by atoms with Gasteiger partial charge in [0.2, 0.25) is 5.88 Å². The van der Waals surface area contributed by atoms with Crippen molar-refractivity contribution in [2.24, 2.45) is 0 Å². The molecule has 0 aliphatic carbocycles. The molecular weight excluding hydrogens is 310 g/mol. The summed E-state index contributed by atoms with van der Waals surface area (Å²) in [5, 5.41) is 12.9. The molecule has 0 radical (unpaired) electrons. The van der Waals surface area contributed by atoms with Crippen molar-refractivity contribution in [3.05, 3.63) is 56.1 Å². The Labute approximate surface area is 140 Å². The number of fused-ring (bicyclic) bond motifs is 1. The standard InChI is InChI=1S/C17H21N3O2S/c1-3-10(2)20-16(22)13(15(21)19-17(20)23)14-12-7-5-4-6-11(12)8-9-18-14/h4-7,10,14,18,22H,3,8-9H2,1-2H3,(H,19,21,23)/p+1/t10-,14-/m1/s1. The molecule has 3 rings (SSSR count). The van der Waals surface area contributed by atoms with Gasteiger partial charge in [-0.05, 0) is 31.1 Å². The number of quaternary nitrogens is 1. The van der Waals surface area contributed by atoms with E-state index in [4.69, 9.17) is 12.2 Å². The van der Waals surface area contributed by atoms with E-state index in [1.54, 1.807) is 4.57 Å². The molecule has 0 unspecified atom stereocenters. The Morgan fingerprint density at radius 1 is 1.48 bits per heavy atom. The first kappa shape index (κ1) is 16.0. The maximum absolute atomic E-state index is 12.5. The SMILES string of the molecule is CC[C@@H](C)n1c(O)c([C@@H]2[NH2+]CCc3ccccc32)c(=O)[nH]c1=S. The van der Waals surface area contributed by atoms with Crippen LogP contribution in [0.2, 0.25) is 0 Å². The summed E-state index contributed by atoms with van der Waals surface area (Å²) in [6, 6.07) is 7.93. The van der Waals surface area contributed by atoms with E-state index in [9.17, 15) is 9.90 Å². The molecule has 0 amide bonds. The quantitative estimate of drug-likeness (QED) is 0.750. The van der Waals surface area contributed by atoms with E-state index in [2.05, 4.69) is 16.4 Å². The average Bonchev–Trinajstić information content (AvgIpc) is 2.54. The van der Waals surface area contributed by atoms with Gasteiger partial charge in [0.1, 0.15) is 11.6 Å². The van der Waals surface area contributed by atoms with Crippen LogP contribution >= 0.6 is 12.2 Å². The van der Waals surface area contributed by atoms with Gasteiger partial charge in [-0.25, -0.2) is 0 Å². The van der Waals surface area contributed by atoms with E-state index in [-0.39, 0.29) is 28.3 Å². The van der Waals surface area contributed by atoms with Crippen molar-refractivity contribution in [2.45, 2.75) is 38.8 Å². The number of aromatic amines is 1. The summed E-state index contributed by atoms with van der Waals surface area (Å²) in [5.41, 5.74) is 2.42. The van der Waals surface area contributed by atoms with Gasteiger partial charge >= 0.3 is 0 Å². The summed E-state index contributed by atoms with van der Waals surface area (Å²) in [5.74, 6) is -0.00828. The molecule has 0 bridgehead atoms. The van der Waals surface area contributed by atoms with Crippen molar-refractivity contribution in [3.8, 4) is 5.88 Å². The maximum atomic E-state index is 12.5. The Morgan fingerprint density at radius 3 is 2.96 bits per heavy atom. The predicted octanol–water partition coefficient (Wildman–Crippen LogP) is 1.79. The molecule has 1 aromatic carbocycles. The van der Waals surface area contributed by atoms with Crippen LogP contribution in [0.4, 0.5) is 0 Å². The lowest BCUT2D eigenvalue weighted by Gasteiger charge is -2.25. The first-order chi connectivity index (χ1) is 11.0. The van der Waals surface area contributed by atoms with Gasteiger partial charge < -0.3 is 10.4 Å². The zero-order valence-electron chi connectivity index (χ0n) is 13.4. The van der Waals surface area contributed by atoms with Gasteiger partial charge in [-0.3, -0.25) is 14.3 Å². The fraction of sp³-hybridized carbons (Fsp3) is 0.412. The van der Waals surface area contributed by atoms with Crippen molar-refractivity contribution in [1.82, 2.24) is 9.55 Å². The molecule has 2 aromatic rings. The number of hydrogen-bond donors (Lipinski definition) is 3. The van der Waals surface area contributed by atoms with Gasteiger partial charge in [-0.2, -0.15) is 0 Å². The van der Waals surface area contributed by atoms with Gasteiger partial charge in [-0.15, -0.1) is 0 Å². The van der Waals surface area contributed by atoms with Gasteiger partial charge in [-0.1, -0.05) is 31.2 Å².